The van der Waals surface area contributed by atoms with Gasteiger partial charge in [0, 0.05) is 19.6 Å². The average Bonchev–Trinajstić information content (AvgIpc) is 2.52. The largest absolute Gasteiger partial charge is 0.435 e. The Labute approximate surface area is 130 Å². The van der Waals surface area contributed by atoms with E-state index in [4.69, 9.17) is 0 Å². The van der Waals surface area contributed by atoms with Gasteiger partial charge in [0.2, 0.25) is 0 Å². The highest BCUT2D eigenvalue weighted by molar-refractivity contribution is 5.79. The maximum absolute atomic E-state index is 12.2. The number of guanidine groups is 1. The average molecular weight is 311 g/mol. The van der Waals surface area contributed by atoms with E-state index in [1.165, 1.54) is 38.2 Å². The third-order valence-corrected chi connectivity index (χ3v) is 3.75. The summed E-state index contributed by atoms with van der Waals surface area (Å²) >= 11 is 0. The van der Waals surface area contributed by atoms with Gasteiger partial charge in [-0.05, 0) is 30.5 Å². The molecule has 0 bridgehead atoms. The number of nitrogens with one attached hydrogen (secondary N) is 2. The van der Waals surface area contributed by atoms with E-state index in [-0.39, 0.29) is 5.75 Å². The summed E-state index contributed by atoms with van der Waals surface area (Å²) in [6.45, 7) is -2.30. The lowest BCUT2D eigenvalue weighted by Crippen LogP contribution is -2.43. The van der Waals surface area contributed by atoms with Crippen molar-refractivity contribution in [3.63, 3.8) is 0 Å². The van der Waals surface area contributed by atoms with Crippen molar-refractivity contribution in [3.8, 4) is 5.75 Å². The normalized spacial score (nSPS) is 16.6. The zero-order valence-electron chi connectivity index (χ0n) is 12.8. The van der Waals surface area contributed by atoms with Gasteiger partial charge in [0.1, 0.15) is 5.75 Å². The summed E-state index contributed by atoms with van der Waals surface area (Å²) in [4.78, 5) is 4.21. The van der Waals surface area contributed by atoms with Crippen molar-refractivity contribution in [2.45, 2.75) is 51.3 Å². The number of benzene rings is 1. The monoisotopic (exact) mass is 311 g/mol. The van der Waals surface area contributed by atoms with Gasteiger partial charge >= 0.3 is 6.61 Å². The van der Waals surface area contributed by atoms with E-state index in [1.807, 2.05) is 6.07 Å². The number of rotatable bonds is 5. The van der Waals surface area contributed by atoms with Gasteiger partial charge in [0.05, 0.1) is 0 Å². The fraction of sp³-hybridized carbons (Fsp3) is 0.562. The third kappa shape index (κ3) is 5.50. The fourth-order valence-electron chi connectivity index (χ4n) is 2.65. The molecule has 122 valence electrons. The summed E-state index contributed by atoms with van der Waals surface area (Å²) in [6, 6.07) is 7.15. The molecule has 1 saturated carbocycles. The minimum Gasteiger partial charge on any atom is -0.435 e. The highest BCUT2D eigenvalue weighted by atomic mass is 19.3. The zero-order valence-corrected chi connectivity index (χ0v) is 12.8. The number of hydrogen-bond acceptors (Lipinski definition) is 2. The molecule has 2 N–H and O–H groups in total. The molecule has 0 radical (unpaired) electrons. The Morgan fingerprint density at radius 1 is 1.32 bits per heavy atom. The molecule has 4 nitrogen and oxygen atoms in total. The summed E-state index contributed by atoms with van der Waals surface area (Å²) in [7, 11) is 1.73. The molecule has 1 aliphatic carbocycles. The van der Waals surface area contributed by atoms with Crippen LogP contribution in [-0.2, 0) is 6.54 Å². The number of nitrogens with zero attached hydrogens (tertiary/aromatic N) is 1. The van der Waals surface area contributed by atoms with E-state index < -0.39 is 6.61 Å². The fourth-order valence-corrected chi connectivity index (χ4v) is 2.65. The molecule has 1 fully saturated rings. The van der Waals surface area contributed by atoms with Crippen molar-refractivity contribution in [1.29, 1.82) is 0 Å². The molecular formula is C16H23F2N3O. The lowest BCUT2D eigenvalue weighted by molar-refractivity contribution is -0.0498. The van der Waals surface area contributed by atoms with E-state index in [0.717, 1.165) is 11.5 Å². The molecule has 0 amide bonds. The second kappa shape index (κ2) is 8.56. The highest BCUT2D eigenvalue weighted by Gasteiger charge is 2.14. The predicted octanol–water partition coefficient (Wildman–Crippen LogP) is 3.29. The molecule has 6 heteroatoms. The van der Waals surface area contributed by atoms with Crippen LogP contribution in [0.4, 0.5) is 8.78 Å². The van der Waals surface area contributed by atoms with Gasteiger partial charge in [-0.3, -0.25) is 4.99 Å². The molecule has 2 rings (SSSR count). The van der Waals surface area contributed by atoms with Gasteiger partial charge in [-0.25, -0.2) is 0 Å². The molecular weight excluding hydrogens is 288 g/mol. The lowest BCUT2D eigenvalue weighted by Gasteiger charge is -2.24. The van der Waals surface area contributed by atoms with Crippen LogP contribution in [0.15, 0.2) is 29.3 Å². The summed E-state index contributed by atoms with van der Waals surface area (Å²) in [5.74, 6) is 0.914. The number of halogens is 2. The van der Waals surface area contributed by atoms with Gasteiger partial charge in [-0.1, -0.05) is 31.4 Å². The zero-order chi connectivity index (χ0) is 15.8. The topological polar surface area (TPSA) is 45.7 Å². The van der Waals surface area contributed by atoms with Crippen LogP contribution in [-0.4, -0.2) is 25.7 Å². The second-order valence-electron chi connectivity index (χ2n) is 5.43. The molecule has 1 aromatic rings. The van der Waals surface area contributed by atoms with Crippen LogP contribution in [0.1, 0.15) is 37.7 Å². The molecule has 0 unspecified atom stereocenters. The Balaban J connectivity index is 1.84. The van der Waals surface area contributed by atoms with E-state index >= 15 is 0 Å². The van der Waals surface area contributed by atoms with Gasteiger partial charge < -0.3 is 15.4 Å². The number of alkyl halides is 2. The van der Waals surface area contributed by atoms with E-state index in [0.29, 0.717) is 12.6 Å². The first kappa shape index (κ1) is 16.5. The Bertz CT molecular complexity index is 488. The molecule has 0 heterocycles. The minimum absolute atomic E-state index is 0.171. The van der Waals surface area contributed by atoms with Crippen LogP contribution in [0, 0.1) is 0 Å². The molecule has 1 aromatic carbocycles. The van der Waals surface area contributed by atoms with E-state index in [9.17, 15) is 8.78 Å². The maximum Gasteiger partial charge on any atom is 0.387 e. The van der Waals surface area contributed by atoms with Crippen LogP contribution >= 0.6 is 0 Å². The maximum atomic E-state index is 12.2. The van der Waals surface area contributed by atoms with E-state index in [2.05, 4.69) is 20.4 Å². The van der Waals surface area contributed by atoms with Crippen molar-refractivity contribution >= 4 is 5.96 Å². The van der Waals surface area contributed by atoms with Gasteiger partial charge in [-0.15, -0.1) is 0 Å². The molecule has 22 heavy (non-hydrogen) atoms. The molecule has 0 saturated heterocycles. The summed E-state index contributed by atoms with van der Waals surface area (Å²) < 4.78 is 28.8. The Hall–Kier alpha value is -1.85. The molecule has 0 aliphatic heterocycles. The quantitative estimate of drug-likeness (QED) is 0.648. The van der Waals surface area contributed by atoms with Crippen LogP contribution < -0.4 is 15.4 Å². The van der Waals surface area contributed by atoms with Crippen molar-refractivity contribution < 1.29 is 13.5 Å². The predicted molar refractivity (Wildman–Crippen MR) is 83.3 cm³/mol. The Morgan fingerprint density at radius 3 is 2.77 bits per heavy atom. The first-order chi connectivity index (χ1) is 10.7. The molecule has 0 aromatic heterocycles. The van der Waals surface area contributed by atoms with Crippen LogP contribution in [0.3, 0.4) is 0 Å². The minimum atomic E-state index is -2.80. The number of aliphatic imine (C=N–C) groups is 1. The summed E-state index contributed by atoms with van der Waals surface area (Å²) in [5, 5.41) is 6.62. The summed E-state index contributed by atoms with van der Waals surface area (Å²) in [6.07, 6.45) is 6.14. The molecule has 0 spiro atoms. The third-order valence-electron chi connectivity index (χ3n) is 3.75. The molecule has 0 atom stereocenters. The number of ether oxygens (including phenoxy) is 1. The standard InChI is InChI=1S/C16H23F2N3O/c1-19-16(21-13-7-3-2-4-8-13)20-11-12-6-5-9-14(10-12)22-15(17)18/h5-6,9-10,13,15H,2-4,7-8,11H2,1H3,(H2,19,20,21). The Kier molecular flexibility index (Phi) is 6.43. The van der Waals surface area contributed by atoms with Crippen molar-refractivity contribution in [3.05, 3.63) is 29.8 Å². The smallest absolute Gasteiger partial charge is 0.387 e. The van der Waals surface area contributed by atoms with Crippen molar-refractivity contribution in [2.75, 3.05) is 7.05 Å². The van der Waals surface area contributed by atoms with Crippen LogP contribution in [0.2, 0.25) is 0 Å². The number of hydrogen-bond donors (Lipinski definition) is 2. The van der Waals surface area contributed by atoms with Crippen LogP contribution in [0.25, 0.3) is 0 Å². The first-order valence-corrected chi connectivity index (χ1v) is 7.68. The van der Waals surface area contributed by atoms with Crippen molar-refractivity contribution in [1.82, 2.24) is 10.6 Å². The van der Waals surface area contributed by atoms with Gasteiger partial charge in [-0.2, -0.15) is 8.78 Å². The van der Waals surface area contributed by atoms with Gasteiger partial charge in [0.25, 0.3) is 0 Å². The van der Waals surface area contributed by atoms with Crippen LogP contribution in [0.5, 0.6) is 5.75 Å². The van der Waals surface area contributed by atoms with Gasteiger partial charge in [0.15, 0.2) is 5.96 Å². The van der Waals surface area contributed by atoms with Crippen molar-refractivity contribution in [2.24, 2.45) is 4.99 Å². The molecule has 1 aliphatic rings. The lowest BCUT2D eigenvalue weighted by atomic mass is 9.96. The Morgan fingerprint density at radius 2 is 2.09 bits per heavy atom. The summed E-state index contributed by atoms with van der Waals surface area (Å²) in [5.41, 5.74) is 0.866. The highest BCUT2D eigenvalue weighted by Crippen LogP contribution is 2.17. The van der Waals surface area contributed by atoms with E-state index in [1.54, 1.807) is 19.2 Å². The second-order valence-corrected chi connectivity index (χ2v) is 5.43. The first-order valence-electron chi connectivity index (χ1n) is 7.68. The SMILES string of the molecule is CN=C(NCc1cccc(OC(F)F)c1)NC1CCCCC1.